The molecule has 0 spiro atoms. The molecule has 0 unspecified atom stereocenters. The van der Waals surface area contributed by atoms with Crippen LogP contribution in [0.4, 0.5) is 11.6 Å². The molecule has 3 N–H and O–H groups in total. The Labute approximate surface area is 138 Å². The van der Waals surface area contributed by atoms with Crippen molar-refractivity contribution in [2.45, 2.75) is 59.7 Å². The lowest BCUT2D eigenvalue weighted by Crippen LogP contribution is -2.41. The van der Waals surface area contributed by atoms with Gasteiger partial charge in [-0.05, 0) is 33.8 Å². The number of hydrogen-bond acceptors (Lipinski definition) is 5. The molecule has 7 heteroatoms. The minimum Gasteiger partial charge on any atom is -0.399 e. The van der Waals surface area contributed by atoms with Gasteiger partial charge in [-0.2, -0.15) is 0 Å². The van der Waals surface area contributed by atoms with E-state index in [9.17, 15) is 4.79 Å². The molecule has 0 saturated carbocycles. The molecule has 1 aromatic rings. The van der Waals surface area contributed by atoms with Gasteiger partial charge in [-0.25, -0.2) is 4.98 Å². The maximum absolute atomic E-state index is 12.0. The Hall–Kier alpha value is -1.60. The average Bonchev–Trinajstić information content (AvgIpc) is 2.57. The van der Waals surface area contributed by atoms with Crippen LogP contribution in [0, 0.1) is 5.41 Å². The van der Waals surface area contributed by atoms with Gasteiger partial charge in [0.05, 0.1) is 11.2 Å². The number of amides is 1. The van der Waals surface area contributed by atoms with Gasteiger partial charge in [-0.3, -0.25) is 4.79 Å². The van der Waals surface area contributed by atoms with Crippen LogP contribution in [0.5, 0.6) is 0 Å². The molecule has 6 nitrogen and oxygen atoms in total. The van der Waals surface area contributed by atoms with Gasteiger partial charge in [0.2, 0.25) is 5.91 Å². The number of nitrogen functional groups attached to an aromatic ring is 1. The molecule has 0 bridgehead atoms. The normalized spacial score (nSPS) is 19.7. The first kappa shape index (κ1) is 17.8. The monoisotopic (exact) mass is 319 g/mol. The average molecular weight is 319 g/mol. The van der Waals surface area contributed by atoms with Gasteiger partial charge in [-0.15, -0.1) is 0 Å². The van der Waals surface area contributed by atoms with Crippen molar-refractivity contribution < 1.29 is 14.1 Å². The number of anilines is 2. The van der Waals surface area contributed by atoms with E-state index >= 15 is 0 Å². The molecule has 1 fully saturated rings. The number of pyridine rings is 1. The predicted molar refractivity (Wildman–Crippen MR) is 92.5 cm³/mol. The minimum atomic E-state index is -0.570. The molecule has 0 atom stereocenters. The van der Waals surface area contributed by atoms with Gasteiger partial charge in [0.1, 0.15) is 11.6 Å². The van der Waals surface area contributed by atoms with Crippen molar-refractivity contribution in [2.24, 2.45) is 5.41 Å². The predicted octanol–water partition coefficient (Wildman–Crippen LogP) is 1.95. The molecule has 1 amide bonds. The lowest BCUT2D eigenvalue weighted by atomic mass is 9.79. The molecule has 2 heterocycles. The van der Waals surface area contributed by atoms with E-state index in [0.717, 1.165) is 0 Å². The Bertz CT molecular complexity index is 607. The van der Waals surface area contributed by atoms with E-state index in [2.05, 4.69) is 10.3 Å². The second-order valence-electron chi connectivity index (χ2n) is 7.96. The third kappa shape index (κ3) is 3.51. The fourth-order valence-corrected chi connectivity index (χ4v) is 2.03. The van der Waals surface area contributed by atoms with Crippen LogP contribution in [0.25, 0.3) is 0 Å². The number of carbonyl (C=O) groups excluding carboxylic acids is 1. The third-order valence-electron chi connectivity index (χ3n) is 4.39. The van der Waals surface area contributed by atoms with Crippen molar-refractivity contribution in [3.8, 4) is 0 Å². The number of hydrogen-bond donors (Lipinski definition) is 2. The summed E-state index contributed by atoms with van der Waals surface area (Å²) in [6.07, 6.45) is 0. The standard InChI is InChI=1S/C16H26BN3O3/c1-14(2,3)13(21)20-11-9-8-10(12(18)19-11)17-22-15(4,5)16(6,7)23-17/h8-9H,1-7H3,(H3,18,19,20,21). The van der Waals surface area contributed by atoms with Crippen LogP contribution in [0.1, 0.15) is 48.5 Å². The lowest BCUT2D eigenvalue weighted by molar-refractivity contribution is -0.123. The van der Waals surface area contributed by atoms with Crippen LogP contribution in [0.15, 0.2) is 12.1 Å². The zero-order chi connectivity index (χ0) is 17.6. The maximum atomic E-state index is 12.0. The molecule has 2 rings (SSSR count). The Balaban J connectivity index is 2.20. The van der Waals surface area contributed by atoms with E-state index in [-0.39, 0.29) is 11.7 Å². The Kier molecular flexibility index (Phi) is 4.24. The highest BCUT2D eigenvalue weighted by Gasteiger charge is 2.52. The largest absolute Gasteiger partial charge is 0.498 e. The van der Waals surface area contributed by atoms with Gasteiger partial charge in [0.25, 0.3) is 0 Å². The fourth-order valence-electron chi connectivity index (χ4n) is 2.03. The van der Waals surface area contributed by atoms with E-state index in [1.807, 2.05) is 48.5 Å². The van der Waals surface area contributed by atoms with Crippen LogP contribution < -0.4 is 16.5 Å². The number of rotatable bonds is 2. The van der Waals surface area contributed by atoms with E-state index in [1.54, 1.807) is 12.1 Å². The first-order valence-electron chi connectivity index (χ1n) is 7.77. The van der Waals surface area contributed by atoms with Gasteiger partial charge in [-0.1, -0.05) is 26.8 Å². The molecular weight excluding hydrogens is 293 g/mol. The van der Waals surface area contributed by atoms with E-state index in [4.69, 9.17) is 15.0 Å². The van der Waals surface area contributed by atoms with Crippen LogP contribution >= 0.6 is 0 Å². The van der Waals surface area contributed by atoms with Crippen molar-refractivity contribution in [3.05, 3.63) is 12.1 Å². The SMILES string of the molecule is CC(C)(C)C(=O)Nc1ccc(B2OC(C)(C)C(C)(C)O2)c(N)n1. The summed E-state index contributed by atoms with van der Waals surface area (Å²) < 4.78 is 12.0. The number of aromatic nitrogens is 1. The molecule has 126 valence electrons. The van der Waals surface area contributed by atoms with Crippen LogP contribution in [-0.4, -0.2) is 29.2 Å². The van der Waals surface area contributed by atoms with Crippen molar-refractivity contribution in [1.82, 2.24) is 4.98 Å². The first-order valence-corrected chi connectivity index (χ1v) is 7.77. The molecule has 1 aliphatic heterocycles. The molecule has 1 aliphatic rings. The van der Waals surface area contributed by atoms with Crippen LogP contribution in [0.2, 0.25) is 0 Å². The second-order valence-corrected chi connectivity index (χ2v) is 7.96. The number of nitrogens with one attached hydrogen (secondary N) is 1. The topological polar surface area (TPSA) is 86.5 Å². The summed E-state index contributed by atoms with van der Waals surface area (Å²) in [5.41, 5.74) is 5.32. The number of carbonyl (C=O) groups is 1. The van der Waals surface area contributed by atoms with Crippen molar-refractivity contribution in [1.29, 1.82) is 0 Å². The molecular formula is C16H26BN3O3. The quantitative estimate of drug-likeness (QED) is 0.814. The van der Waals surface area contributed by atoms with Gasteiger partial charge >= 0.3 is 7.12 Å². The highest BCUT2D eigenvalue weighted by molar-refractivity contribution is 6.63. The molecule has 0 aromatic carbocycles. The molecule has 1 saturated heterocycles. The summed E-state index contributed by atoms with van der Waals surface area (Å²) in [4.78, 5) is 16.3. The van der Waals surface area contributed by atoms with Crippen molar-refractivity contribution in [2.75, 3.05) is 11.1 Å². The van der Waals surface area contributed by atoms with Gasteiger partial charge in [0, 0.05) is 10.9 Å². The summed E-state index contributed by atoms with van der Waals surface area (Å²) in [6.45, 7) is 13.4. The van der Waals surface area contributed by atoms with Gasteiger partial charge in [0.15, 0.2) is 0 Å². The number of nitrogens with zero attached hydrogens (tertiary/aromatic N) is 1. The lowest BCUT2D eigenvalue weighted by Gasteiger charge is -2.32. The number of nitrogens with two attached hydrogens (primary N) is 1. The summed E-state index contributed by atoms with van der Waals surface area (Å²) >= 11 is 0. The molecule has 1 aromatic heterocycles. The molecule has 0 aliphatic carbocycles. The molecule has 23 heavy (non-hydrogen) atoms. The summed E-state index contributed by atoms with van der Waals surface area (Å²) in [6, 6.07) is 3.49. The summed E-state index contributed by atoms with van der Waals surface area (Å²) in [5.74, 6) is 0.589. The zero-order valence-corrected chi connectivity index (χ0v) is 15.0. The Morgan fingerprint density at radius 1 is 1.17 bits per heavy atom. The Morgan fingerprint density at radius 3 is 2.13 bits per heavy atom. The summed E-state index contributed by atoms with van der Waals surface area (Å²) in [7, 11) is -0.570. The van der Waals surface area contributed by atoms with E-state index in [1.165, 1.54) is 0 Å². The highest BCUT2D eigenvalue weighted by atomic mass is 16.7. The first-order chi connectivity index (χ1) is 10.3. The summed E-state index contributed by atoms with van der Waals surface area (Å²) in [5, 5.41) is 2.76. The minimum absolute atomic E-state index is 0.118. The molecule has 0 radical (unpaired) electrons. The van der Waals surface area contributed by atoms with E-state index in [0.29, 0.717) is 11.3 Å². The maximum Gasteiger partial charge on any atom is 0.498 e. The van der Waals surface area contributed by atoms with E-state index < -0.39 is 23.7 Å². The second kappa shape index (κ2) is 5.49. The smallest absolute Gasteiger partial charge is 0.399 e. The van der Waals surface area contributed by atoms with Crippen molar-refractivity contribution >= 4 is 30.1 Å². The zero-order valence-electron chi connectivity index (χ0n) is 15.0. The highest BCUT2D eigenvalue weighted by Crippen LogP contribution is 2.36. The third-order valence-corrected chi connectivity index (χ3v) is 4.39. The van der Waals surface area contributed by atoms with Crippen LogP contribution in [-0.2, 0) is 14.1 Å². The Morgan fingerprint density at radius 2 is 1.70 bits per heavy atom. The van der Waals surface area contributed by atoms with Crippen LogP contribution in [0.3, 0.4) is 0 Å². The van der Waals surface area contributed by atoms with Gasteiger partial charge < -0.3 is 20.4 Å². The van der Waals surface area contributed by atoms with Crippen molar-refractivity contribution in [3.63, 3.8) is 0 Å². The fraction of sp³-hybridized carbons (Fsp3) is 0.625.